The van der Waals surface area contributed by atoms with Crippen molar-refractivity contribution in [2.45, 2.75) is 6.92 Å². The number of aromatic nitrogens is 1. The van der Waals surface area contributed by atoms with E-state index in [4.69, 9.17) is 0 Å². The lowest BCUT2D eigenvalue weighted by atomic mass is 10.2. The number of nitrogens with zero attached hydrogens (tertiary/aromatic N) is 1. The molecule has 62 valence electrons. The molecule has 1 aromatic heterocycles. The standard InChI is InChI=1S/C8H5F2NO/c1-4-6-2-5(9)3-7(10)8(6)12-11-4/h2-3H,1H3. The van der Waals surface area contributed by atoms with Crippen LogP contribution in [0.25, 0.3) is 11.0 Å². The Hall–Kier alpha value is -1.45. The Labute approximate surface area is 66.8 Å². The van der Waals surface area contributed by atoms with Gasteiger partial charge in [-0.1, -0.05) is 5.16 Å². The lowest BCUT2D eigenvalue weighted by Gasteiger charge is -1.90. The highest BCUT2D eigenvalue weighted by molar-refractivity contribution is 5.79. The van der Waals surface area contributed by atoms with Gasteiger partial charge in [-0.05, 0) is 13.0 Å². The van der Waals surface area contributed by atoms with Crippen LogP contribution >= 0.6 is 0 Å². The van der Waals surface area contributed by atoms with E-state index in [0.717, 1.165) is 6.07 Å². The van der Waals surface area contributed by atoms with Crippen molar-refractivity contribution in [3.8, 4) is 0 Å². The summed E-state index contributed by atoms with van der Waals surface area (Å²) in [4.78, 5) is 0. The van der Waals surface area contributed by atoms with Gasteiger partial charge in [-0.2, -0.15) is 0 Å². The third kappa shape index (κ3) is 0.879. The lowest BCUT2D eigenvalue weighted by Crippen LogP contribution is -1.79. The summed E-state index contributed by atoms with van der Waals surface area (Å²) in [6.45, 7) is 1.63. The Kier molecular flexibility index (Phi) is 1.36. The Morgan fingerprint density at radius 2 is 2.08 bits per heavy atom. The summed E-state index contributed by atoms with van der Waals surface area (Å²) in [5.74, 6) is -1.34. The molecule has 2 rings (SSSR count). The average molecular weight is 169 g/mol. The number of halogens is 2. The van der Waals surface area contributed by atoms with Crippen LogP contribution in [-0.4, -0.2) is 5.16 Å². The van der Waals surface area contributed by atoms with E-state index >= 15 is 0 Å². The molecule has 1 heterocycles. The molecule has 2 aromatic rings. The van der Waals surface area contributed by atoms with E-state index in [-0.39, 0.29) is 5.58 Å². The predicted molar refractivity (Wildman–Crippen MR) is 38.7 cm³/mol. The maximum absolute atomic E-state index is 12.9. The van der Waals surface area contributed by atoms with Crippen LogP contribution in [0.4, 0.5) is 8.78 Å². The molecule has 0 N–H and O–H groups in total. The zero-order chi connectivity index (χ0) is 8.72. The van der Waals surface area contributed by atoms with Gasteiger partial charge < -0.3 is 4.52 Å². The summed E-state index contributed by atoms with van der Waals surface area (Å²) in [6, 6.07) is 1.97. The molecular formula is C8H5F2NO. The minimum atomic E-state index is -0.717. The molecule has 0 aliphatic rings. The Bertz CT molecular complexity index is 436. The van der Waals surface area contributed by atoms with Crippen LogP contribution in [0.2, 0.25) is 0 Å². The second-order valence-corrected chi connectivity index (χ2v) is 2.53. The highest BCUT2D eigenvalue weighted by atomic mass is 19.1. The highest BCUT2D eigenvalue weighted by Crippen LogP contribution is 2.21. The van der Waals surface area contributed by atoms with Gasteiger partial charge in [0.25, 0.3) is 0 Å². The van der Waals surface area contributed by atoms with Gasteiger partial charge in [0.2, 0.25) is 5.58 Å². The molecule has 0 saturated carbocycles. The molecule has 4 heteroatoms. The molecule has 0 atom stereocenters. The first-order chi connectivity index (χ1) is 5.68. The van der Waals surface area contributed by atoms with Crippen LogP contribution in [0.15, 0.2) is 16.7 Å². The maximum Gasteiger partial charge on any atom is 0.202 e. The van der Waals surface area contributed by atoms with Crippen molar-refractivity contribution in [3.05, 3.63) is 29.5 Å². The van der Waals surface area contributed by atoms with E-state index in [1.807, 2.05) is 0 Å². The lowest BCUT2D eigenvalue weighted by molar-refractivity contribution is 0.434. The van der Waals surface area contributed by atoms with Crippen molar-refractivity contribution in [2.24, 2.45) is 0 Å². The monoisotopic (exact) mass is 169 g/mol. The quantitative estimate of drug-likeness (QED) is 0.605. The minimum Gasteiger partial charge on any atom is -0.353 e. The van der Waals surface area contributed by atoms with E-state index in [1.165, 1.54) is 6.07 Å². The number of fused-ring (bicyclic) bond motifs is 1. The van der Waals surface area contributed by atoms with E-state index in [2.05, 4.69) is 9.68 Å². The first-order valence-electron chi connectivity index (χ1n) is 3.39. The molecule has 0 amide bonds. The molecule has 1 aromatic carbocycles. The van der Waals surface area contributed by atoms with Crippen LogP contribution in [0.1, 0.15) is 5.69 Å². The topological polar surface area (TPSA) is 26.0 Å². The van der Waals surface area contributed by atoms with E-state index < -0.39 is 11.6 Å². The van der Waals surface area contributed by atoms with E-state index in [0.29, 0.717) is 11.1 Å². The smallest absolute Gasteiger partial charge is 0.202 e. The Balaban J connectivity index is 2.92. The number of benzene rings is 1. The SMILES string of the molecule is Cc1noc2c(F)cc(F)cc12. The first-order valence-corrected chi connectivity index (χ1v) is 3.39. The summed E-state index contributed by atoms with van der Waals surface area (Å²) in [7, 11) is 0. The summed E-state index contributed by atoms with van der Waals surface area (Å²) >= 11 is 0. The number of hydrogen-bond acceptors (Lipinski definition) is 2. The maximum atomic E-state index is 12.9. The normalized spacial score (nSPS) is 10.9. The van der Waals surface area contributed by atoms with E-state index in [1.54, 1.807) is 6.92 Å². The fourth-order valence-electron chi connectivity index (χ4n) is 1.09. The van der Waals surface area contributed by atoms with Gasteiger partial charge in [-0.25, -0.2) is 8.78 Å². The molecule has 0 fully saturated rings. The Morgan fingerprint density at radius 1 is 1.33 bits per heavy atom. The molecular weight excluding hydrogens is 164 g/mol. The van der Waals surface area contributed by atoms with Gasteiger partial charge in [0, 0.05) is 6.07 Å². The fourth-order valence-corrected chi connectivity index (χ4v) is 1.09. The molecule has 0 aliphatic carbocycles. The minimum absolute atomic E-state index is 0.00824. The van der Waals surface area contributed by atoms with Crippen molar-refractivity contribution in [2.75, 3.05) is 0 Å². The van der Waals surface area contributed by atoms with Gasteiger partial charge in [-0.3, -0.25) is 0 Å². The second kappa shape index (κ2) is 2.27. The summed E-state index contributed by atoms with van der Waals surface area (Å²) in [5, 5.41) is 3.90. The molecule has 0 bridgehead atoms. The van der Waals surface area contributed by atoms with Crippen LogP contribution in [0.3, 0.4) is 0 Å². The van der Waals surface area contributed by atoms with Gasteiger partial charge in [0.1, 0.15) is 5.82 Å². The highest BCUT2D eigenvalue weighted by Gasteiger charge is 2.10. The van der Waals surface area contributed by atoms with Crippen LogP contribution in [0.5, 0.6) is 0 Å². The largest absolute Gasteiger partial charge is 0.353 e. The van der Waals surface area contributed by atoms with Crippen LogP contribution in [-0.2, 0) is 0 Å². The van der Waals surface area contributed by atoms with E-state index in [9.17, 15) is 8.78 Å². The summed E-state index contributed by atoms with van der Waals surface area (Å²) < 4.78 is 30.2. The van der Waals surface area contributed by atoms with Crippen molar-refractivity contribution in [1.29, 1.82) is 0 Å². The van der Waals surface area contributed by atoms with Crippen LogP contribution < -0.4 is 0 Å². The fraction of sp³-hybridized carbons (Fsp3) is 0.125. The summed E-state index contributed by atoms with van der Waals surface area (Å²) in [6.07, 6.45) is 0. The molecule has 0 saturated heterocycles. The zero-order valence-electron chi connectivity index (χ0n) is 6.27. The van der Waals surface area contributed by atoms with Crippen molar-refractivity contribution >= 4 is 11.0 Å². The molecule has 2 nitrogen and oxygen atoms in total. The van der Waals surface area contributed by atoms with Gasteiger partial charge in [-0.15, -0.1) is 0 Å². The predicted octanol–water partition coefficient (Wildman–Crippen LogP) is 2.41. The van der Waals surface area contributed by atoms with Crippen LogP contribution in [0, 0.1) is 18.6 Å². The molecule has 12 heavy (non-hydrogen) atoms. The Morgan fingerprint density at radius 3 is 2.83 bits per heavy atom. The third-order valence-electron chi connectivity index (χ3n) is 1.67. The number of aryl methyl sites for hydroxylation is 1. The second-order valence-electron chi connectivity index (χ2n) is 2.53. The number of hydrogen-bond donors (Lipinski definition) is 0. The first kappa shape index (κ1) is 7.21. The molecule has 0 radical (unpaired) electrons. The summed E-state index contributed by atoms with van der Waals surface area (Å²) in [5.41, 5.74) is 0.498. The van der Waals surface area contributed by atoms with Gasteiger partial charge in [0.05, 0.1) is 11.1 Å². The van der Waals surface area contributed by atoms with Gasteiger partial charge in [0.15, 0.2) is 5.82 Å². The zero-order valence-corrected chi connectivity index (χ0v) is 6.27. The number of rotatable bonds is 0. The molecule has 0 aliphatic heterocycles. The van der Waals surface area contributed by atoms with Crippen molar-refractivity contribution in [3.63, 3.8) is 0 Å². The van der Waals surface area contributed by atoms with Crippen molar-refractivity contribution < 1.29 is 13.3 Å². The van der Waals surface area contributed by atoms with Gasteiger partial charge >= 0.3 is 0 Å². The third-order valence-corrected chi connectivity index (χ3v) is 1.67. The average Bonchev–Trinajstić information content (AvgIpc) is 2.33. The molecule has 0 unspecified atom stereocenters. The molecule has 0 spiro atoms. The van der Waals surface area contributed by atoms with Crippen molar-refractivity contribution in [1.82, 2.24) is 5.16 Å².